The first-order valence-corrected chi connectivity index (χ1v) is 8.51. The summed E-state index contributed by atoms with van der Waals surface area (Å²) in [4.78, 5) is 20.8. The molecule has 1 amide bonds. The van der Waals surface area contributed by atoms with Gasteiger partial charge in [0.2, 0.25) is 0 Å². The van der Waals surface area contributed by atoms with E-state index in [4.69, 9.17) is 4.74 Å². The third-order valence-electron chi connectivity index (χ3n) is 4.15. The molecule has 6 heteroatoms. The van der Waals surface area contributed by atoms with Gasteiger partial charge in [-0.15, -0.1) is 0 Å². The Bertz CT molecular complexity index is 585. The number of carbonyl (C=O) groups excluding carboxylic acids is 1. The fourth-order valence-electron chi connectivity index (χ4n) is 3.17. The van der Waals surface area contributed by atoms with Gasteiger partial charge in [0.25, 0.3) is 0 Å². The standard InChI is InChI=1S/C16H22BrN3O2/c1-16(2,3)22-15(21)19-6-7-20-11(10-19)4-5-12-13(17)8-18-9-14(12)20/h8-9,11H,4-7,10H2,1-3H3. The molecule has 0 saturated carbocycles. The number of pyridine rings is 1. The van der Waals surface area contributed by atoms with Crippen molar-refractivity contribution in [1.82, 2.24) is 9.88 Å². The van der Waals surface area contributed by atoms with Gasteiger partial charge in [0.05, 0.1) is 11.9 Å². The van der Waals surface area contributed by atoms with E-state index >= 15 is 0 Å². The topological polar surface area (TPSA) is 45.7 Å². The van der Waals surface area contributed by atoms with Gasteiger partial charge in [-0.3, -0.25) is 4.98 Å². The van der Waals surface area contributed by atoms with Crippen molar-refractivity contribution in [2.75, 3.05) is 24.5 Å². The van der Waals surface area contributed by atoms with Gasteiger partial charge in [0, 0.05) is 36.3 Å². The minimum Gasteiger partial charge on any atom is -0.444 e. The van der Waals surface area contributed by atoms with Crippen molar-refractivity contribution in [2.45, 2.75) is 45.3 Å². The largest absolute Gasteiger partial charge is 0.444 e. The van der Waals surface area contributed by atoms with Crippen LogP contribution in [0.4, 0.5) is 10.5 Å². The first kappa shape index (κ1) is 15.6. The van der Waals surface area contributed by atoms with Crippen molar-refractivity contribution in [3.8, 4) is 0 Å². The molecule has 2 aliphatic rings. The van der Waals surface area contributed by atoms with Gasteiger partial charge in [-0.2, -0.15) is 0 Å². The molecule has 0 bridgehead atoms. The minimum absolute atomic E-state index is 0.203. The molecule has 5 nitrogen and oxygen atoms in total. The zero-order valence-electron chi connectivity index (χ0n) is 13.3. The van der Waals surface area contributed by atoms with Crippen LogP contribution in [0.5, 0.6) is 0 Å². The number of ether oxygens (including phenoxy) is 1. The maximum Gasteiger partial charge on any atom is 0.410 e. The number of rotatable bonds is 0. The number of amides is 1. The van der Waals surface area contributed by atoms with E-state index in [1.807, 2.05) is 38.1 Å². The molecule has 1 fully saturated rings. The summed E-state index contributed by atoms with van der Waals surface area (Å²) in [6, 6.07) is 0.352. The molecule has 2 aliphatic heterocycles. The summed E-state index contributed by atoms with van der Waals surface area (Å²) in [5.41, 5.74) is 2.09. The Labute approximate surface area is 139 Å². The third-order valence-corrected chi connectivity index (χ3v) is 4.84. The van der Waals surface area contributed by atoms with Crippen LogP contribution in [0.2, 0.25) is 0 Å². The zero-order valence-corrected chi connectivity index (χ0v) is 14.9. The molecule has 3 rings (SSSR count). The van der Waals surface area contributed by atoms with E-state index in [1.165, 1.54) is 11.3 Å². The SMILES string of the molecule is CC(C)(C)OC(=O)N1CCN2c3cncc(Br)c3CCC2C1. The monoisotopic (exact) mass is 367 g/mol. The van der Waals surface area contributed by atoms with E-state index in [2.05, 4.69) is 25.8 Å². The van der Waals surface area contributed by atoms with E-state index in [1.54, 1.807) is 0 Å². The van der Waals surface area contributed by atoms with E-state index in [0.717, 1.165) is 30.4 Å². The molecule has 120 valence electrons. The van der Waals surface area contributed by atoms with Gasteiger partial charge >= 0.3 is 6.09 Å². The summed E-state index contributed by atoms with van der Waals surface area (Å²) in [6.45, 7) is 7.96. The highest BCUT2D eigenvalue weighted by Gasteiger charge is 2.35. The van der Waals surface area contributed by atoms with Gasteiger partial charge in [0.1, 0.15) is 5.60 Å². The smallest absolute Gasteiger partial charge is 0.410 e. The van der Waals surface area contributed by atoms with E-state index < -0.39 is 5.60 Å². The van der Waals surface area contributed by atoms with Crippen molar-refractivity contribution in [3.05, 3.63) is 22.4 Å². The highest BCUT2D eigenvalue weighted by atomic mass is 79.9. The third kappa shape index (κ3) is 3.07. The number of carbonyl (C=O) groups is 1. The lowest BCUT2D eigenvalue weighted by atomic mass is 9.95. The highest BCUT2D eigenvalue weighted by molar-refractivity contribution is 9.10. The lowest BCUT2D eigenvalue weighted by Gasteiger charge is -2.46. The summed E-state index contributed by atoms with van der Waals surface area (Å²) in [5, 5.41) is 0. The first-order chi connectivity index (χ1) is 10.3. The van der Waals surface area contributed by atoms with Crippen LogP contribution in [-0.2, 0) is 11.2 Å². The van der Waals surface area contributed by atoms with Gasteiger partial charge < -0.3 is 14.5 Å². The number of hydrogen-bond acceptors (Lipinski definition) is 4. The van der Waals surface area contributed by atoms with E-state index in [0.29, 0.717) is 12.6 Å². The molecule has 3 heterocycles. The maximum absolute atomic E-state index is 12.3. The molecule has 1 atom stereocenters. The molecule has 1 unspecified atom stereocenters. The average molecular weight is 368 g/mol. The van der Waals surface area contributed by atoms with Crippen LogP contribution < -0.4 is 4.90 Å². The second-order valence-corrected chi connectivity index (χ2v) is 7.79. The Morgan fingerprint density at radius 1 is 1.36 bits per heavy atom. The second kappa shape index (κ2) is 5.72. The van der Waals surface area contributed by atoms with Crippen LogP contribution in [-0.4, -0.2) is 47.3 Å². The Hall–Kier alpha value is -1.30. The van der Waals surface area contributed by atoms with Gasteiger partial charge in [-0.05, 0) is 55.1 Å². The van der Waals surface area contributed by atoms with Crippen molar-refractivity contribution in [2.24, 2.45) is 0 Å². The molecule has 0 radical (unpaired) electrons. The Kier molecular flexibility index (Phi) is 4.05. The lowest BCUT2D eigenvalue weighted by Crippen LogP contribution is -2.57. The average Bonchev–Trinajstić information content (AvgIpc) is 2.45. The summed E-state index contributed by atoms with van der Waals surface area (Å²) in [5.74, 6) is 0. The number of fused-ring (bicyclic) bond motifs is 3. The van der Waals surface area contributed by atoms with Crippen LogP contribution in [0, 0.1) is 0 Å². The van der Waals surface area contributed by atoms with Crippen LogP contribution in [0.1, 0.15) is 32.8 Å². The first-order valence-electron chi connectivity index (χ1n) is 7.72. The summed E-state index contributed by atoms with van der Waals surface area (Å²) >= 11 is 3.59. The molecule has 1 aromatic rings. The summed E-state index contributed by atoms with van der Waals surface area (Å²) in [6.07, 6.45) is 5.66. The second-order valence-electron chi connectivity index (χ2n) is 6.93. The van der Waals surface area contributed by atoms with E-state index in [9.17, 15) is 4.79 Å². The number of halogens is 1. The lowest BCUT2D eigenvalue weighted by molar-refractivity contribution is 0.0210. The predicted octanol–water partition coefficient (Wildman–Crippen LogP) is 3.22. The van der Waals surface area contributed by atoms with Gasteiger partial charge in [0.15, 0.2) is 0 Å². The zero-order chi connectivity index (χ0) is 15.9. The van der Waals surface area contributed by atoms with Crippen molar-refractivity contribution in [3.63, 3.8) is 0 Å². The van der Waals surface area contributed by atoms with Crippen LogP contribution in [0.15, 0.2) is 16.9 Å². The van der Waals surface area contributed by atoms with Crippen LogP contribution in [0.3, 0.4) is 0 Å². The predicted molar refractivity (Wildman–Crippen MR) is 89.2 cm³/mol. The van der Waals surface area contributed by atoms with Crippen molar-refractivity contribution in [1.29, 1.82) is 0 Å². The fourth-order valence-corrected chi connectivity index (χ4v) is 3.69. The Morgan fingerprint density at radius 2 is 2.14 bits per heavy atom. The molecule has 0 aromatic carbocycles. The van der Waals surface area contributed by atoms with Crippen LogP contribution >= 0.6 is 15.9 Å². The molecule has 22 heavy (non-hydrogen) atoms. The Balaban J connectivity index is 1.73. The number of nitrogens with zero attached hydrogens (tertiary/aromatic N) is 3. The molecule has 0 spiro atoms. The molecule has 1 aromatic heterocycles. The number of anilines is 1. The highest BCUT2D eigenvalue weighted by Crippen LogP contribution is 2.36. The van der Waals surface area contributed by atoms with Gasteiger partial charge in [-0.1, -0.05) is 0 Å². The number of piperazine rings is 1. The molecule has 1 saturated heterocycles. The van der Waals surface area contributed by atoms with Crippen molar-refractivity contribution >= 4 is 27.7 Å². The maximum atomic E-state index is 12.3. The Morgan fingerprint density at radius 3 is 2.86 bits per heavy atom. The molecular weight excluding hydrogens is 346 g/mol. The van der Waals surface area contributed by atoms with Crippen LogP contribution in [0.25, 0.3) is 0 Å². The number of aromatic nitrogens is 1. The van der Waals surface area contributed by atoms with E-state index in [-0.39, 0.29) is 6.09 Å². The normalized spacial score (nSPS) is 21.2. The molecular formula is C16H22BrN3O2. The fraction of sp³-hybridized carbons (Fsp3) is 0.625. The number of hydrogen-bond donors (Lipinski definition) is 0. The molecule has 0 N–H and O–H groups in total. The van der Waals surface area contributed by atoms with Crippen molar-refractivity contribution < 1.29 is 9.53 Å². The quantitative estimate of drug-likeness (QED) is 0.706. The molecule has 0 aliphatic carbocycles. The summed E-state index contributed by atoms with van der Waals surface area (Å²) in [7, 11) is 0. The van der Waals surface area contributed by atoms with Gasteiger partial charge in [-0.25, -0.2) is 4.79 Å². The summed E-state index contributed by atoms with van der Waals surface area (Å²) < 4.78 is 6.58. The minimum atomic E-state index is -0.442.